The zero-order valence-electron chi connectivity index (χ0n) is 21.4. The van der Waals surface area contributed by atoms with Crippen LogP contribution in [0.2, 0.25) is 0 Å². The van der Waals surface area contributed by atoms with Gasteiger partial charge in [0.1, 0.15) is 23.0 Å². The number of halogens is 3. The second-order valence-corrected chi connectivity index (χ2v) is 12.2. The number of amides is 1. The molecule has 1 amide bonds. The molecule has 1 N–H and O–H groups in total. The molecule has 1 aliphatic heterocycles. The third-order valence-corrected chi connectivity index (χ3v) is 9.22. The summed E-state index contributed by atoms with van der Waals surface area (Å²) >= 11 is 0. The Hall–Kier alpha value is -3.68. The van der Waals surface area contributed by atoms with E-state index in [1.165, 1.54) is 23.1 Å². The summed E-state index contributed by atoms with van der Waals surface area (Å²) in [6.07, 6.45) is 1.25. The molecule has 0 spiro atoms. The van der Waals surface area contributed by atoms with Crippen LogP contribution in [0.1, 0.15) is 45.1 Å². The fraction of sp³-hybridized carbons (Fsp3) is 0.241. The molecule has 6 nitrogen and oxygen atoms in total. The van der Waals surface area contributed by atoms with Gasteiger partial charge in [-0.1, -0.05) is 18.2 Å². The molecule has 0 saturated heterocycles. The Balaban J connectivity index is 1.66. The minimum atomic E-state index is -3.76. The van der Waals surface area contributed by atoms with E-state index in [9.17, 15) is 27.6 Å². The Kier molecular flexibility index (Phi) is 7.23. The van der Waals surface area contributed by atoms with Gasteiger partial charge in [0.05, 0.1) is 24.5 Å². The van der Waals surface area contributed by atoms with Crippen molar-refractivity contribution in [1.29, 1.82) is 0 Å². The number of phenols is 1. The number of aromatic nitrogens is 1. The second kappa shape index (κ2) is 10.5. The van der Waals surface area contributed by atoms with E-state index >= 15 is 0 Å². The maximum atomic E-state index is 14.5. The lowest BCUT2D eigenvalue weighted by Crippen LogP contribution is -2.17. The first-order chi connectivity index (χ1) is 18.6. The monoisotopic (exact) mass is 554 g/mol. The van der Waals surface area contributed by atoms with Crippen molar-refractivity contribution >= 4 is 24.2 Å². The van der Waals surface area contributed by atoms with Crippen molar-refractivity contribution in [2.24, 2.45) is 0 Å². The molecule has 0 fully saturated rings. The van der Waals surface area contributed by atoms with Gasteiger partial charge in [0, 0.05) is 30.7 Å². The molecule has 1 aromatic heterocycles. The Bertz CT molecular complexity index is 1620. The topological polar surface area (TPSA) is 79.7 Å². The number of nitrogens with zero attached hydrogens (tertiary/aromatic N) is 2. The summed E-state index contributed by atoms with van der Waals surface area (Å²) in [5, 5.41) is 11.5. The minimum absolute atomic E-state index is 0.0401. The average molecular weight is 555 g/mol. The molecule has 1 atom stereocenters. The smallest absolute Gasteiger partial charge is 0.258 e. The number of fused-ring (bicyclic) bond motifs is 2. The van der Waals surface area contributed by atoms with Crippen LogP contribution in [0.15, 0.2) is 54.7 Å². The van der Waals surface area contributed by atoms with Gasteiger partial charge in [-0.05, 0) is 65.9 Å². The first-order valence-electron chi connectivity index (χ1n) is 12.4. The highest BCUT2D eigenvalue weighted by atomic mass is 31.2. The standard InChI is InChI=1S/C29H26F3N2O4P/c1-3-38-39(37,16-23-24(31)5-4-6-25(23)32)15-22-20-12-18(11-17-7-9-19(30)10-8-17)13-33-27(20)28(35)26-21(22)14-34(2)29(26)36/h4-10,12-13,35H,3,11,14-16H2,1-2H3. The maximum Gasteiger partial charge on any atom is 0.258 e. The maximum absolute atomic E-state index is 14.5. The van der Waals surface area contributed by atoms with Crippen molar-refractivity contribution in [1.82, 2.24) is 9.88 Å². The summed E-state index contributed by atoms with van der Waals surface area (Å²) < 4.78 is 62.3. The summed E-state index contributed by atoms with van der Waals surface area (Å²) in [4.78, 5) is 18.8. The second-order valence-electron chi connectivity index (χ2n) is 9.63. The fourth-order valence-electron chi connectivity index (χ4n) is 5.07. The number of rotatable bonds is 8. The molecule has 5 rings (SSSR count). The summed E-state index contributed by atoms with van der Waals surface area (Å²) in [7, 11) is -2.17. The molecule has 39 heavy (non-hydrogen) atoms. The van der Waals surface area contributed by atoms with Gasteiger partial charge in [-0.25, -0.2) is 13.2 Å². The van der Waals surface area contributed by atoms with E-state index in [2.05, 4.69) is 4.98 Å². The average Bonchev–Trinajstić information content (AvgIpc) is 3.20. The molecule has 0 bridgehead atoms. The highest BCUT2D eigenvalue weighted by molar-refractivity contribution is 7.57. The first kappa shape index (κ1) is 26.9. The van der Waals surface area contributed by atoms with Crippen LogP contribution in [0.25, 0.3) is 10.9 Å². The van der Waals surface area contributed by atoms with Crippen molar-refractivity contribution < 1.29 is 32.2 Å². The van der Waals surface area contributed by atoms with Crippen LogP contribution in [0.3, 0.4) is 0 Å². The molecular formula is C29H26F3N2O4P. The van der Waals surface area contributed by atoms with Crippen molar-refractivity contribution in [3.63, 3.8) is 0 Å². The SMILES string of the molecule is CCOP(=O)(Cc1c(F)cccc1F)Cc1c2c(c(O)c3ncc(Cc4ccc(F)cc4)cc13)C(=O)N(C)C2. The van der Waals surface area contributed by atoms with Crippen molar-refractivity contribution in [3.05, 3.63) is 106 Å². The molecular weight excluding hydrogens is 528 g/mol. The Morgan fingerprint density at radius 3 is 2.36 bits per heavy atom. The predicted octanol–water partition coefficient (Wildman–Crippen LogP) is 6.55. The van der Waals surface area contributed by atoms with Crippen molar-refractivity contribution in [2.45, 2.75) is 32.2 Å². The third kappa shape index (κ3) is 5.16. The molecule has 10 heteroatoms. The number of carbonyl (C=O) groups is 1. The first-order valence-corrected chi connectivity index (χ1v) is 14.4. The molecule has 1 aliphatic rings. The van der Waals surface area contributed by atoms with Gasteiger partial charge in [0.25, 0.3) is 5.91 Å². The number of hydrogen-bond acceptors (Lipinski definition) is 5. The van der Waals surface area contributed by atoms with Gasteiger partial charge < -0.3 is 14.5 Å². The number of phenolic OH excluding ortho intramolecular Hbond substituents is 1. The van der Waals surface area contributed by atoms with Crippen LogP contribution in [0.5, 0.6) is 5.75 Å². The molecule has 202 valence electrons. The van der Waals surface area contributed by atoms with Crippen LogP contribution in [0, 0.1) is 17.5 Å². The van der Waals surface area contributed by atoms with Gasteiger partial charge in [0.2, 0.25) is 7.37 Å². The Morgan fingerprint density at radius 2 is 1.69 bits per heavy atom. The van der Waals surface area contributed by atoms with Gasteiger partial charge in [-0.2, -0.15) is 0 Å². The van der Waals surface area contributed by atoms with E-state index in [1.807, 2.05) is 0 Å². The van der Waals surface area contributed by atoms with Crippen LogP contribution >= 0.6 is 7.37 Å². The highest BCUT2D eigenvalue weighted by Crippen LogP contribution is 2.56. The lowest BCUT2D eigenvalue weighted by molar-refractivity contribution is 0.0814. The summed E-state index contributed by atoms with van der Waals surface area (Å²) in [5.74, 6) is -2.69. The molecule has 0 saturated carbocycles. The van der Waals surface area contributed by atoms with Crippen LogP contribution in [-0.2, 0) is 34.4 Å². The predicted molar refractivity (Wildman–Crippen MR) is 141 cm³/mol. The minimum Gasteiger partial charge on any atom is -0.505 e. The van der Waals surface area contributed by atoms with E-state index in [0.29, 0.717) is 22.9 Å². The van der Waals surface area contributed by atoms with Crippen molar-refractivity contribution in [2.75, 3.05) is 13.7 Å². The summed E-state index contributed by atoms with van der Waals surface area (Å²) in [6.45, 7) is 1.83. The largest absolute Gasteiger partial charge is 0.505 e. The van der Waals surface area contributed by atoms with Gasteiger partial charge >= 0.3 is 0 Å². The molecule has 0 aliphatic carbocycles. The van der Waals surface area contributed by atoms with Gasteiger partial charge in [-0.3, -0.25) is 14.3 Å². The van der Waals surface area contributed by atoms with E-state index in [1.54, 1.807) is 38.4 Å². The van der Waals surface area contributed by atoms with E-state index in [4.69, 9.17) is 4.52 Å². The number of aromatic hydroxyl groups is 1. The number of benzene rings is 3. The number of hydrogen-bond donors (Lipinski definition) is 1. The third-order valence-electron chi connectivity index (χ3n) is 6.90. The lowest BCUT2D eigenvalue weighted by atomic mass is 9.96. The summed E-state index contributed by atoms with van der Waals surface area (Å²) in [6, 6.07) is 11.2. The molecule has 4 aromatic rings. The Labute approximate surface area is 223 Å². The van der Waals surface area contributed by atoms with Crippen molar-refractivity contribution in [3.8, 4) is 5.75 Å². The molecule has 2 heterocycles. The lowest BCUT2D eigenvalue weighted by Gasteiger charge is -2.22. The van der Waals surface area contributed by atoms with Crippen LogP contribution in [-0.4, -0.2) is 34.6 Å². The van der Waals surface area contributed by atoms with Crippen LogP contribution < -0.4 is 0 Å². The highest BCUT2D eigenvalue weighted by Gasteiger charge is 2.36. The fourth-order valence-corrected chi connectivity index (χ4v) is 7.46. The normalized spacial score (nSPS) is 14.6. The molecule has 1 unspecified atom stereocenters. The number of carbonyl (C=O) groups excluding carboxylic acids is 1. The summed E-state index contributed by atoms with van der Waals surface area (Å²) in [5.41, 5.74) is 2.39. The quantitative estimate of drug-likeness (QED) is 0.250. The molecule has 3 aromatic carbocycles. The van der Waals surface area contributed by atoms with E-state index in [-0.39, 0.29) is 47.5 Å². The van der Waals surface area contributed by atoms with E-state index in [0.717, 1.165) is 23.3 Å². The zero-order chi connectivity index (χ0) is 27.9. The van der Waals surface area contributed by atoms with Gasteiger partial charge in [0.15, 0.2) is 5.75 Å². The molecule has 0 radical (unpaired) electrons. The van der Waals surface area contributed by atoms with Crippen LogP contribution in [0.4, 0.5) is 13.2 Å². The van der Waals surface area contributed by atoms with E-state index < -0.39 is 31.1 Å². The number of pyridine rings is 1. The Morgan fingerprint density at radius 1 is 1.03 bits per heavy atom. The zero-order valence-corrected chi connectivity index (χ0v) is 22.3. The van der Waals surface area contributed by atoms with Gasteiger partial charge in [-0.15, -0.1) is 0 Å².